The Hall–Kier alpha value is -2.62. The van der Waals surface area contributed by atoms with Gasteiger partial charge < -0.3 is 34.6 Å². The molecule has 9 nitrogen and oxygen atoms in total. The molecule has 1 fully saturated rings. The predicted octanol–water partition coefficient (Wildman–Crippen LogP) is -0.297. The quantitative estimate of drug-likeness (QED) is 0.230. The summed E-state index contributed by atoms with van der Waals surface area (Å²) < 4.78 is 14.5. The standard InChI is InChI=1S/C17H20O9/c1-24-14-6-10(2-4-11(14)19)3-5-15(22)26-16-12(20)7-17(23,25-9-18)8-13(16)21/h2-6,9,12-13,16,19-21,23H,7-8H2,1H3/b5-3+. The first-order valence-electron chi connectivity index (χ1n) is 7.73. The van der Waals surface area contributed by atoms with Crippen LogP contribution in [0, 0.1) is 0 Å². The minimum atomic E-state index is -2.01. The van der Waals surface area contributed by atoms with Crippen molar-refractivity contribution < 1.29 is 44.2 Å². The molecule has 9 heteroatoms. The molecule has 1 saturated carbocycles. The van der Waals surface area contributed by atoms with Crippen molar-refractivity contribution in [3.05, 3.63) is 29.8 Å². The molecule has 2 unspecified atom stereocenters. The van der Waals surface area contributed by atoms with Gasteiger partial charge in [-0.25, -0.2) is 4.79 Å². The summed E-state index contributed by atoms with van der Waals surface area (Å²) in [6.07, 6.45) is -2.45. The van der Waals surface area contributed by atoms with Crippen molar-refractivity contribution in [2.24, 2.45) is 0 Å². The van der Waals surface area contributed by atoms with Gasteiger partial charge >= 0.3 is 5.97 Å². The van der Waals surface area contributed by atoms with Gasteiger partial charge in [0.1, 0.15) is 0 Å². The van der Waals surface area contributed by atoms with Crippen LogP contribution in [-0.4, -0.2) is 64.1 Å². The molecule has 142 valence electrons. The number of methoxy groups -OCH3 is 1. The number of hydrogen-bond donors (Lipinski definition) is 4. The van der Waals surface area contributed by atoms with Gasteiger partial charge in [0, 0.05) is 18.9 Å². The van der Waals surface area contributed by atoms with E-state index in [0.717, 1.165) is 6.08 Å². The van der Waals surface area contributed by atoms with Gasteiger partial charge in [0.2, 0.25) is 5.79 Å². The Kier molecular flexibility index (Phi) is 6.19. The highest BCUT2D eigenvalue weighted by molar-refractivity contribution is 5.87. The molecular weight excluding hydrogens is 348 g/mol. The number of phenols is 1. The first kappa shape index (κ1) is 19.7. The molecule has 2 rings (SSSR count). The molecule has 1 aliphatic carbocycles. The highest BCUT2D eigenvalue weighted by Crippen LogP contribution is 2.31. The summed E-state index contributed by atoms with van der Waals surface area (Å²) in [5.41, 5.74) is 0.551. The molecule has 4 N–H and O–H groups in total. The average molecular weight is 368 g/mol. The summed E-state index contributed by atoms with van der Waals surface area (Å²) in [5, 5.41) is 39.4. The smallest absolute Gasteiger partial charge is 0.331 e. The Labute approximate surface area is 149 Å². The van der Waals surface area contributed by atoms with E-state index >= 15 is 0 Å². The topological polar surface area (TPSA) is 143 Å². The van der Waals surface area contributed by atoms with Crippen molar-refractivity contribution in [1.29, 1.82) is 0 Å². The van der Waals surface area contributed by atoms with E-state index in [2.05, 4.69) is 4.74 Å². The third-order valence-corrected chi connectivity index (χ3v) is 3.95. The maximum absolute atomic E-state index is 11.9. The first-order chi connectivity index (χ1) is 12.3. The van der Waals surface area contributed by atoms with Gasteiger partial charge in [-0.2, -0.15) is 0 Å². The van der Waals surface area contributed by atoms with Crippen molar-refractivity contribution in [3.8, 4) is 11.5 Å². The van der Waals surface area contributed by atoms with E-state index in [1.165, 1.54) is 25.3 Å². The summed E-state index contributed by atoms with van der Waals surface area (Å²) in [6.45, 7) is 0.0143. The van der Waals surface area contributed by atoms with Gasteiger partial charge in [0.15, 0.2) is 17.6 Å². The minimum absolute atomic E-state index is 0.0143. The largest absolute Gasteiger partial charge is 0.504 e. The van der Waals surface area contributed by atoms with Gasteiger partial charge in [0.05, 0.1) is 19.3 Å². The number of carbonyl (C=O) groups excluding carboxylic acids is 2. The lowest BCUT2D eigenvalue weighted by molar-refractivity contribution is -0.255. The minimum Gasteiger partial charge on any atom is -0.504 e. The van der Waals surface area contributed by atoms with Crippen molar-refractivity contribution >= 4 is 18.5 Å². The SMILES string of the molecule is COc1cc(/C=C/C(=O)OC2C(O)CC(O)(OC=O)CC2O)ccc1O. The fraction of sp³-hybridized carbons (Fsp3) is 0.412. The van der Waals surface area contributed by atoms with Crippen LogP contribution in [0.4, 0.5) is 0 Å². The average Bonchev–Trinajstić information content (AvgIpc) is 2.57. The lowest BCUT2D eigenvalue weighted by Crippen LogP contribution is -2.55. The van der Waals surface area contributed by atoms with Crippen LogP contribution in [-0.2, 0) is 19.1 Å². The number of aromatic hydroxyl groups is 1. The number of phenolic OH excluding ortho intramolecular Hbond substituents is 1. The zero-order chi connectivity index (χ0) is 19.3. The second kappa shape index (κ2) is 8.17. The van der Waals surface area contributed by atoms with Crippen molar-refractivity contribution in [2.45, 2.75) is 36.9 Å². The van der Waals surface area contributed by atoms with Crippen molar-refractivity contribution in [2.75, 3.05) is 7.11 Å². The number of carbonyl (C=O) groups is 2. The highest BCUT2D eigenvalue weighted by Gasteiger charge is 2.47. The maximum atomic E-state index is 11.9. The summed E-state index contributed by atoms with van der Waals surface area (Å²) in [6, 6.07) is 4.44. The number of aliphatic hydroxyl groups is 3. The molecule has 0 heterocycles. The molecule has 2 atom stereocenters. The molecule has 1 aromatic carbocycles. The first-order valence-corrected chi connectivity index (χ1v) is 7.73. The molecule has 0 bridgehead atoms. The molecule has 0 radical (unpaired) electrons. The van der Waals surface area contributed by atoms with Gasteiger partial charge in [-0.1, -0.05) is 6.07 Å². The van der Waals surface area contributed by atoms with Gasteiger partial charge in [-0.05, 0) is 23.8 Å². The van der Waals surface area contributed by atoms with Crippen LogP contribution in [0.25, 0.3) is 6.08 Å². The Morgan fingerprint density at radius 2 is 1.92 bits per heavy atom. The van der Waals surface area contributed by atoms with Crippen LogP contribution in [0.5, 0.6) is 11.5 Å². The van der Waals surface area contributed by atoms with E-state index in [4.69, 9.17) is 9.47 Å². The van der Waals surface area contributed by atoms with Gasteiger partial charge in [-0.15, -0.1) is 0 Å². The third kappa shape index (κ3) is 4.72. The second-order valence-electron chi connectivity index (χ2n) is 5.87. The van der Waals surface area contributed by atoms with Crippen LogP contribution in [0.15, 0.2) is 24.3 Å². The second-order valence-corrected chi connectivity index (χ2v) is 5.87. The van der Waals surface area contributed by atoms with E-state index in [9.17, 15) is 30.0 Å². The molecule has 0 amide bonds. The van der Waals surface area contributed by atoms with Crippen LogP contribution in [0.1, 0.15) is 18.4 Å². The van der Waals surface area contributed by atoms with Gasteiger partial charge in [0.25, 0.3) is 6.47 Å². The summed E-state index contributed by atoms with van der Waals surface area (Å²) in [5.74, 6) is -2.66. The van der Waals surface area contributed by atoms with E-state index < -0.39 is 42.9 Å². The molecule has 0 aromatic heterocycles. The molecule has 1 aromatic rings. The highest BCUT2D eigenvalue weighted by atomic mass is 16.6. The lowest BCUT2D eigenvalue weighted by atomic mass is 9.87. The van der Waals surface area contributed by atoms with E-state index in [0.29, 0.717) is 5.56 Å². The zero-order valence-corrected chi connectivity index (χ0v) is 13.9. The number of ether oxygens (including phenoxy) is 3. The van der Waals surface area contributed by atoms with Crippen LogP contribution < -0.4 is 4.74 Å². The number of aliphatic hydroxyl groups excluding tert-OH is 2. The fourth-order valence-corrected chi connectivity index (χ4v) is 2.70. The maximum Gasteiger partial charge on any atom is 0.331 e. The van der Waals surface area contributed by atoms with Crippen molar-refractivity contribution in [3.63, 3.8) is 0 Å². The van der Waals surface area contributed by atoms with Gasteiger partial charge in [-0.3, -0.25) is 4.79 Å². The van der Waals surface area contributed by atoms with Crippen LogP contribution in [0.3, 0.4) is 0 Å². The molecule has 0 spiro atoms. The summed E-state index contributed by atoms with van der Waals surface area (Å²) >= 11 is 0. The Morgan fingerprint density at radius 1 is 1.27 bits per heavy atom. The summed E-state index contributed by atoms with van der Waals surface area (Å²) in [7, 11) is 1.39. The number of esters is 1. The monoisotopic (exact) mass is 368 g/mol. The zero-order valence-electron chi connectivity index (χ0n) is 13.9. The van der Waals surface area contributed by atoms with E-state index in [1.807, 2.05) is 0 Å². The third-order valence-electron chi connectivity index (χ3n) is 3.95. The number of rotatable bonds is 6. The van der Waals surface area contributed by atoms with Crippen LogP contribution in [0.2, 0.25) is 0 Å². The molecule has 1 aliphatic rings. The Morgan fingerprint density at radius 3 is 2.50 bits per heavy atom. The van der Waals surface area contributed by atoms with E-state index in [1.54, 1.807) is 6.07 Å². The molecular formula is C17H20O9. The van der Waals surface area contributed by atoms with Crippen molar-refractivity contribution in [1.82, 2.24) is 0 Å². The van der Waals surface area contributed by atoms with Crippen LogP contribution >= 0.6 is 0 Å². The normalized spacial score (nSPS) is 28.5. The Balaban J connectivity index is 2.00. The number of hydrogen-bond acceptors (Lipinski definition) is 9. The Bertz CT molecular complexity index is 673. The van der Waals surface area contributed by atoms with E-state index in [-0.39, 0.29) is 18.0 Å². The molecule has 0 saturated heterocycles. The fourth-order valence-electron chi connectivity index (χ4n) is 2.70. The lowest BCUT2D eigenvalue weighted by Gasteiger charge is -2.39. The summed E-state index contributed by atoms with van der Waals surface area (Å²) in [4.78, 5) is 22.3. The molecule has 0 aliphatic heterocycles. The predicted molar refractivity (Wildman–Crippen MR) is 86.9 cm³/mol. The molecule has 26 heavy (non-hydrogen) atoms. The number of benzene rings is 1.